The Kier molecular flexibility index (Phi) is 6.48. The van der Waals surface area contributed by atoms with E-state index in [4.69, 9.17) is 23.2 Å². The molecule has 3 rings (SSSR count). The first kappa shape index (κ1) is 20.1. The molecule has 0 unspecified atom stereocenters. The van der Waals surface area contributed by atoms with Crippen LogP contribution in [0.1, 0.15) is 23.9 Å². The van der Waals surface area contributed by atoms with Crippen LogP contribution in [0.4, 0.5) is 5.00 Å². The van der Waals surface area contributed by atoms with Gasteiger partial charge in [0.2, 0.25) is 5.91 Å². The minimum absolute atomic E-state index is 0.112. The van der Waals surface area contributed by atoms with Gasteiger partial charge in [0, 0.05) is 12.0 Å². The van der Waals surface area contributed by atoms with Crippen LogP contribution in [-0.4, -0.2) is 10.9 Å². The summed E-state index contributed by atoms with van der Waals surface area (Å²) in [5.74, 6) is -0.112. The van der Waals surface area contributed by atoms with E-state index in [0.29, 0.717) is 37.7 Å². The molecule has 0 saturated heterocycles. The Morgan fingerprint density at radius 1 is 1.21 bits per heavy atom. The van der Waals surface area contributed by atoms with Gasteiger partial charge < -0.3 is 5.32 Å². The smallest absolute Gasteiger partial charge is 0.224 e. The fraction of sp³-hybridized carbons (Fsp3) is 0.0952. The summed E-state index contributed by atoms with van der Waals surface area (Å²) >= 11 is 13.3. The zero-order valence-electron chi connectivity index (χ0n) is 14.9. The highest BCUT2D eigenvalue weighted by Crippen LogP contribution is 2.36. The normalized spacial score (nSPS) is 11.1. The fourth-order valence-corrected chi connectivity index (χ4v) is 3.71. The second-order valence-electron chi connectivity index (χ2n) is 5.81. The molecule has 28 heavy (non-hydrogen) atoms. The molecule has 1 N–H and O–H groups in total. The lowest BCUT2D eigenvalue weighted by molar-refractivity contribution is -0.115. The second-order valence-corrected chi connectivity index (χ2v) is 7.62. The van der Waals surface area contributed by atoms with Crippen LogP contribution in [0.15, 0.2) is 48.5 Å². The van der Waals surface area contributed by atoms with Crippen LogP contribution in [-0.2, 0) is 4.79 Å². The van der Waals surface area contributed by atoms with E-state index in [0.717, 1.165) is 11.1 Å². The summed E-state index contributed by atoms with van der Waals surface area (Å²) in [6.45, 7) is 1.78. The fourth-order valence-electron chi connectivity index (χ4n) is 2.44. The zero-order valence-corrected chi connectivity index (χ0v) is 17.2. The van der Waals surface area contributed by atoms with Crippen LogP contribution in [0.5, 0.6) is 0 Å². The monoisotopic (exact) mass is 427 g/mol. The summed E-state index contributed by atoms with van der Waals surface area (Å²) in [4.78, 5) is 16.6. The number of allylic oxidation sites excluding steroid dienone is 1. The van der Waals surface area contributed by atoms with Gasteiger partial charge in [-0.05, 0) is 23.8 Å². The molecule has 3 aromatic rings. The molecule has 0 aliphatic carbocycles. The highest BCUT2D eigenvalue weighted by molar-refractivity contribution is 7.17. The summed E-state index contributed by atoms with van der Waals surface area (Å²) in [5, 5.41) is 14.5. The molecule has 0 atom stereocenters. The summed E-state index contributed by atoms with van der Waals surface area (Å²) in [6.07, 6.45) is 2.05. The molecule has 0 bridgehead atoms. The van der Waals surface area contributed by atoms with E-state index in [2.05, 4.69) is 16.4 Å². The van der Waals surface area contributed by atoms with Crippen LogP contribution in [0, 0.1) is 11.3 Å². The van der Waals surface area contributed by atoms with E-state index >= 15 is 0 Å². The lowest BCUT2D eigenvalue weighted by Gasteiger charge is -2.03. The first-order valence-electron chi connectivity index (χ1n) is 8.45. The molecule has 0 fully saturated rings. The van der Waals surface area contributed by atoms with Gasteiger partial charge >= 0.3 is 0 Å². The lowest BCUT2D eigenvalue weighted by atomic mass is 10.1. The number of rotatable bonds is 5. The molecule has 7 heteroatoms. The number of nitrogens with one attached hydrogen (secondary N) is 1. The molecular weight excluding hydrogens is 413 g/mol. The lowest BCUT2D eigenvalue weighted by Crippen LogP contribution is -2.08. The SMILES string of the molecule is CCC(=O)Nc1sc(/C(C#N)=C/c2ccc(Cl)c(Cl)c2)nc1-c1ccccc1. The summed E-state index contributed by atoms with van der Waals surface area (Å²) in [5.41, 5.74) is 2.61. The van der Waals surface area contributed by atoms with Crippen molar-refractivity contribution in [1.82, 2.24) is 4.98 Å². The third-order valence-electron chi connectivity index (χ3n) is 3.85. The quantitative estimate of drug-likeness (QED) is 0.470. The number of amides is 1. The molecule has 1 heterocycles. The van der Waals surface area contributed by atoms with Crippen molar-refractivity contribution in [3.05, 3.63) is 69.1 Å². The Morgan fingerprint density at radius 3 is 2.61 bits per heavy atom. The number of benzene rings is 2. The van der Waals surface area contributed by atoms with Crippen molar-refractivity contribution < 1.29 is 4.79 Å². The van der Waals surface area contributed by atoms with Gasteiger partial charge in [0.15, 0.2) is 0 Å². The van der Waals surface area contributed by atoms with Crippen molar-refractivity contribution in [3.63, 3.8) is 0 Å². The maximum Gasteiger partial charge on any atom is 0.224 e. The maximum atomic E-state index is 11.9. The van der Waals surface area contributed by atoms with Gasteiger partial charge in [0.1, 0.15) is 21.8 Å². The van der Waals surface area contributed by atoms with Gasteiger partial charge in [-0.3, -0.25) is 4.79 Å². The predicted molar refractivity (Wildman–Crippen MR) is 116 cm³/mol. The largest absolute Gasteiger partial charge is 0.316 e. The minimum Gasteiger partial charge on any atom is -0.316 e. The molecule has 4 nitrogen and oxygen atoms in total. The number of anilines is 1. The highest BCUT2D eigenvalue weighted by atomic mass is 35.5. The standard InChI is InChI=1S/C21H15Cl2N3OS/c1-2-18(27)25-21-19(14-6-4-3-5-7-14)26-20(28-21)15(12-24)10-13-8-9-16(22)17(23)11-13/h3-11H,2H2,1H3,(H,25,27)/b15-10+. The third kappa shape index (κ3) is 4.60. The van der Waals surface area contributed by atoms with E-state index in [1.165, 1.54) is 11.3 Å². The first-order chi connectivity index (χ1) is 13.5. The van der Waals surface area contributed by atoms with Crippen molar-refractivity contribution in [1.29, 1.82) is 5.26 Å². The molecular formula is C21H15Cl2N3OS. The average Bonchev–Trinajstić information content (AvgIpc) is 3.12. The Morgan fingerprint density at radius 2 is 1.96 bits per heavy atom. The van der Waals surface area contributed by atoms with Crippen molar-refractivity contribution in [2.24, 2.45) is 0 Å². The van der Waals surface area contributed by atoms with Crippen molar-refractivity contribution in [2.75, 3.05) is 5.32 Å². The molecule has 1 aromatic heterocycles. The molecule has 0 saturated carbocycles. The average molecular weight is 428 g/mol. The minimum atomic E-state index is -0.112. The Hall–Kier alpha value is -2.65. The molecule has 0 aliphatic rings. The van der Waals surface area contributed by atoms with E-state index in [9.17, 15) is 10.1 Å². The summed E-state index contributed by atoms with van der Waals surface area (Å²) < 4.78 is 0. The van der Waals surface area contributed by atoms with Gasteiger partial charge in [0.25, 0.3) is 0 Å². The maximum absolute atomic E-state index is 11.9. The summed E-state index contributed by atoms with van der Waals surface area (Å²) in [6, 6.07) is 16.8. The molecule has 0 radical (unpaired) electrons. The number of carbonyl (C=O) groups excluding carboxylic acids is 1. The van der Waals surface area contributed by atoms with Crippen LogP contribution < -0.4 is 5.32 Å². The van der Waals surface area contributed by atoms with Crippen LogP contribution in [0.25, 0.3) is 22.9 Å². The van der Waals surface area contributed by atoms with Crippen molar-refractivity contribution in [2.45, 2.75) is 13.3 Å². The first-order valence-corrected chi connectivity index (χ1v) is 10.0. The number of hydrogen-bond donors (Lipinski definition) is 1. The van der Waals surface area contributed by atoms with Crippen LogP contribution in [0.3, 0.4) is 0 Å². The zero-order chi connectivity index (χ0) is 20.1. The number of aromatic nitrogens is 1. The number of hydrogen-bond acceptors (Lipinski definition) is 4. The van der Waals surface area contributed by atoms with Crippen LogP contribution >= 0.6 is 34.5 Å². The highest BCUT2D eigenvalue weighted by Gasteiger charge is 2.17. The van der Waals surface area contributed by atoms with Gasteiger partial charge in [-0.2, -0.15) is 5.26 Å². The molecule has 0 aliphatic heterocycles. The van der Waals surface area contributed by atoms with Gasteiger partial charge in [-0.1, -0.05) is 77.9 Å². The molecule has 1 amide bonds. The topological polar surface area (TPSA) is 65.8 Å². The van der Waals surface area contributed by atoms with E-state index in [1.807, 2.05) is 30.3 Å². The van der Waals surface area contributed by atoms with E-state index < -0.39 is 0 Å². The summed E-state index contributed by atoms with van der Waals surface area (Å²) in [7, 11) is 0. The van der Waals surface area contributed by atoms with Crippen molar-refractivity contribution >= 4 is 57.1 Å². The number of nitrogens with zero attached hydrogens (tertiary/aromatic N) is 2. The number of carbonyl (C=O) groups is 1. The van der Waals surface area contributed by atoms with Crippen LogP contribution in [0.2, 0.25) is 10.0 Å². The molecule has 140 valence electrons. The van der Waals surface area contributed by atoms with Gasteiger partial charge in [-0.15, -0.1) is 0 Å². The number of thiazole rings is 1. The van der Waals surface area contributed by atoms with Gasteiger partial charge in [-0.25, -0.2) is 4.98 Å². The van der Waals surface area contributed by atoms with E-state index in [1.54, 1.807) is 31.2 Å². The number of halogens is 2. The Labute approximate surface area is 177 Å². The van der Waals surface area contributed by atoms with Gasteiger partial charge in [0.05, 0.1) is 15.6 Å². The Bertz CT molecular complexity index is 1080. The van der Waals surface area contributed by atoms with E-state index in [-0.39, 0.29) is 5.91 Å². The van der Waals surface area contributed by atoms with Crippen molar-refractivity contribution in [3.8, 4) is 17.3 Å². The third-order valence-corrected chi connectivity index (χ3v) is 5.60. The Balaban J connectivity index is 2.07. The second kappa shape index (κ2) is 9.03. The predicted octanol–water partition coefficient (Wildman–Crippen LogP) is 6.53. The molecule has 0 spiro atoms. The molecule has 2 aromatic carbocycles. The number of nitriles is 1.